The van der Waals surface area contributed by atoms with Crippen LogP contribution in [0.2, 0.25) is 10.0 Å². The van der Waals surface area contributed by atoms with Gasteiger partial charge in [-0.05, 0) is 138 Å². The topological polar surface area (TPSA) is 429 Å². The van der Waals surface area contributed by atoms with Crippen LogP contribution in [0.3, 0.4) is 0 Å². The quantitative estimate of drug-likeness (QED) is 0.0910. The summed E-state index contributed by atoms with van der Waals surface area (Å²) in [7, 11) is 3.13. The summed E-state index contributed by atoms with van der Waals surface area (Å²) in [6.45, 7) is -0.542. The summed E-state index contributed by atoms with van der Waals surface area (Å²) in [4.78, 5) is 108. The number of rotatable bonds is 9. The molecule has 13 rings (SSSR count). The second kappa shape index (κ2) is 27.8. The van der Waals surface area contributed by atoms with E-state index in [0.29, 0.717) is 13.0 Å². The second-order valence-electron chi connectivity index (χ2n) is 23.2. The highest BCUT2D eigenvalue weighted by Crippen LogP contribution is 2.48. The number of fused-ring (bicyclic) bond motifs is 14. The molecule has 17 bridgehead atoms. The molecule has 500 valence electrons. The van der Waals surface area contributed by atoms with Crippen LogP contribution in [-0.2, 0) is 40.0 Å². The first-order chi connectivity index (χ1) is 45.9. The van der Waals surface area contributed by atoms with E-state index in [9.17, 15) is 55.5 Å². The number of phenols is 6. The van der Waals surface area contributed by atoms with Crippen LogP contribution in [0.5, 0.6) is 69.0 Å². The number of carbonyl (C=O) groups excluding carboxylic acids is 7. The lowest BCUT2D eigenvalue weighted by Crippen LogP contribution is -2.56. The average molecular weight is 1360 g/mol. The summed E-state index contributed by atoms with van der Waals surface area (Å²) in [5, 5.41) is 123. The first kappa shape index (κ1) is 66.9. The van der Waals surface area contributed by atoms with Gasteiger partial charge in [-0.3, -0.25) is 38.9 Å². The minimum atomic E-state index is -2.19. The zero-order valence-corrected chi connectivity index (χ0v) is 52.2. The molecule has 17 N–H and O–H groups in total. The Hall–Kier alpha value is -10.6. The summed E-state index contributed by atoms with van der Waals surface area (Å²) < 4.78 is 18.7. The molecular formula is C66H63Cl2N9O19. The summed E-state index contributed by atoms with van der Waals surface area (Å²) in [5.41, 5.74) is -1.55. The maximum atomic E-state index is 15.9. The summed E-state index contributed by atoms with van der Waals surface area (Å²) in [5.74, 6) is -13.7. The van der Waals surface area contributed by atoms with Crippen LogP contribution in [0.4, 0.5) is 0 Å². The highest BCUT2D eigenvalue weighted by molar-refractivity contribution is 6.32. The van der Waals surface area contributed by atoms with Gasteiger partial charge in [0.1, 0.15) is 88.6 Å². The fraction of sp³-hybridized carbons (Fsp3) is 0.258. The Morgan fingerprint density at radius 1 is 0.594 bits per heavy atom. The second-order valence-corrected chi connectivity index (χ2v) is 24.0. The Kier molecular flexibility index (Phi) is 19.3. The number of aliphatic hydroxyl groups excluding tert-OH is 3. The number of hydrogen-bond acceptors (Lipinski definition) is 21. The Labute approximate surface area is 555 Å². The number of carbonyl (C=O) groups is 7. The molecule has 1 unspecified atom stereocenters. The van der Waals surface area contributed by atoms with Gasteiger partial charge in [-0.1, -0.05) is 47.5 Å². The third-order valence-electron chi connectivity index (χ3n) is 16.5. The molecule has 0 aliphatic carbocycles. The molecule has 6 heterocycles. The van der Waals surface area contributed by atoms with Crippen LogP contribution in [0.1, 0.15) is 81.7 Å². The van der Waals surface area contributed by atoms with Crippen LogP contribution in [0, 0.1) is 0 Å². The molecule has 7 aromatic rings. The average Bonchev–Trinajstić information content (AvgIpc) is 0.770. The van der Waals surface area contributed by atoms with Crippen LogP contribution in [0.25, 0.3) is 11.1 Å². The minimum Gasteiger partial charge on any atom is -0.508 e. The third-order valence-corrected chi connectivity index (χ3v) is 17.1. The number of aliphatic hydroxyl groups is 3. The zero-order valence-electron chi connectivity index (χ0n) is 50.7. The van der Waals surface area contributed by atoms with Gasteiger partial charge in [0, 0.05) is 49.8 Å². The van der Waals surface area contributed by atoms with Gasteiger partial charge in [-0.15, -0.1) is 0 Å². The lowest BCUT2D eigenvalue weighted by atomic mass is 9.89. The Morgan fingerprint density at radius 3 is 1.88 bits per heavy atom. The van der Waals surface area contributed by atoms with Gasteiger partial charge in [0.2, 0.25) is 47.1 Å². The van der Waals surface area contributed by atoms with E-state index in [1.54, 1.807) is 7.05 Å². The van der Waals surface area contributed by atoms with Gasteiger partial charge in [0.25, 0.3) is 0 Å². The molecule has 7 amide bonds. The van der Waals surface area contributed by atoms with Crippen molar-refractivity contribution in [2.45, 2.75) is 67.3 Å². The van der Waals surface area contributed by atoms with E-state index >= 15 is 24.0 Å². The molecule has 96 heavy (non-hydrogen) atoms. The predicted molar refractivity (Wildman–Crippen MR) is 340 cm³/mol. The zero-order chi connectivity index (χ0) is 68.5. The van der Waals surface area contributed by atoms with Crippen molar-refractivity contribution in [3.05, 3.63) is 164 Å². The van der Waals surface area contributed by atoms with Crippen LogP contribution < -0.4 is 56.7 Å². The lowest BCUT2D eigenvalue weighted by molar-refractivity contribution is -0.139. The number of aromatic hydroxyl groups is 6. The fourth-order valence-corrected chi connectivity index (χ4v) is 12.0. The minimum absolute atomic E-state index is 0.103. The van der Waals surface area contributed by atoms with Crippen molar-refractivity contribution in [1.82, 2.24) is 47.4 Å². The first-order valence-corrected chi connectivity index (χ1v) is 30.6. The SMILES string of the molecule is CNCCCN(C)C(=O)[C@H]1NC(=O)[C@H]2NC(=O)[C@H](NC(=O)[C@@H]3NC(=O)[C@H]4NC(=O)[C@@H](Cc5ccc(c(Cl)c5)Oc5cc3cc(c5O)Oc3ccc(cc3Cl)[C@H]2O)NC(=O)[C@H](NCC(O)CO)c2ccc(O)c(c2)Oc2cc(O)cc4c2)c2ccc(O)c(c2)-c2c(O)cc(O)cc21. The van der Waals surface area contributed by atoms with Gasteiger partial charge in [-0.2, -0.15) is 0 Å². The van der Waals surface area contributed by atoms with Gasteiger partial charge in [0.15, 0.2) is 23.0 Å². The van der Waals surface area contributed by atoms with E-state index in [1.165, 1.54) is 78.7 Å². The molecule has 9 atom stereocenters. The molecule has 0 aromatic heterocycles. The summed E-state index contributed by atoms with van der Waals surface area (Å²) in [6.07, 6.45) is -3.46. The van der Waals surface area contributed by atoms with Crippen molar-refractivity contribution in [2.75, 3.05) is 40.3 Å². The highest BCUT2D eigenvalue weighted by Gasteiger charge is 2.42. The fourth-order valence-electron chi connectivity index (χ4n) is 11.6. The molecule has 0 saturated heterocycles. The van der Waals surface area contributed by atoms with Gasteiger partial charge in [-0.25, -0.2) is 0 Å². The van der Waals surface area contributed by atoms with Gasteiger partial charge >= 0.3 is 0 Å². The standard InChI is InChI=1S/C66H63Cl2N9O19/c1-69-12-3-13-77(2)66(93)56-39-24-35(80)25-45(84)51(39)38-18-29(5-8-43(38)82)53-62(89)76-57(65(92)75-56)58(85)31-7-11-47(41(68)19-31)96-50-22-33-21-49(59(50)86)95-46-10-4-28(14-40(46)67)15-42-60(87)72-54(63(90)74-55(33)64(91)73-53)32-16-34(79)23-37(17-32)94-48-20-30(6-9-44(48)83)52(61(88)71-42)70-26-36(81)27-78/h4-11,14,16-25,36,42,52-58,69-70,78-86H,3,12-13,15,26-27H2,1-2H3,(H,71,88)(H,72,87)(H,73,91)(H,74,90)(H,75,92)(H,76,89)/t36?,42-,52-,53-,54+,55-,56+,57+,58-/m1/s1. The van der Waals surface area contributed by atoms with Crippen molar-refractivity contribution in [3.8, 4) is 80.1 Å². The highest BCUT2D eigenvalue weighted by atomic mass is 35.5. The molecule has 0 fully saturated rings. The molecule has 6 aliphatic heterocycles. The Morgan fingerprint density at radius 2 is 1.20 bits per heavy atom. The van der Waals surface area contributed by atoms with Crippen LogP contribution in [-0.4, -0.2) is 151 Å². The molecule has 30 heteroatoms. The third kappa shape index (κ3) is 14.0. The number of halogens is 2. The number of phenolic OH excluding ortho intramolecular Hbond substituents is 6. The van der Waals surface area contributed by atoms with Crippen molar-refractivity contribution >= 4 is 64.6 Å². The van der Waals surface area contributed by atoms with Gasteiger partial charge in [0.05, 0.1) is 22.8 Å². The first-order valence-electron chi connectivity index (χ1n) is 29.8. The van der Waals surface area contributed by atoms with Crippen molar-refractivity contribution in [1.29, 1.82) is 0 Å². The number of nitrogens with zero attached hydrogens (tertiary/aromatic N) is 1. The monoisotopic (exact) mass is 1360 g/mol. The molecule has 0 spiro atoms. The van der Waals surface area contributed by atoms with Crippen molar-refractivity contribution < 1.29 is 93.7 Å². The van der Waals surface area contributed by atoms with E-state index in [1.807, 2.05) is 0 Å². The van der Waals surface area contributed by atoms with E-state index in [0.717, 1.165) is 48.5 Å². The smallest absolute Gasteiger partial charge is 0.249 e. The van der Waals surface area contributed by atoms with E-state index < -0.39 is 148 Å². The Bertz CT molecular complexity index is 4290. The van der Waals surface area contributed by atoms with Crippen molar-refractivity contribution in [2.24, 2.45) is 0 Å². The molecular weight excluding hydrogens is 1290 g/mol. The normalized spacial score (nSPS) is 21.2. The summed E-state index contributed by atoms with van der Waals surface area (Å²) >= 11 is 13.9. The largest absolute Gasteiger partial charge is 0.508 e. The molecule has 7 aromatic carbocycles. The van der Waals surface area contributed by atoms with E-state index in [2.05, 4.69) is 42.5 Å². The number of likely N-dealkylation sites (N-methyl/N-ethyl adjacent to an activating group) is 1. The van der Waals surface area contributed by atoms with Crippen LogP contribution >= 0.6 is 23.2 Å². The predicted octanol–water partition coefficient (Wildman–Crippen LogP) is 3.95. The Balaban J connectivity index is 1.12. The van der Waals surface area contributed by atoms with E-state index in [-0.39, 0.29) is 103 Å². The molecule has 28 nitrogen and oxygen atoms in total. The number of nitrogens with one attached hydrogen (secondary N) is 8. The summed E-state index contributed by atoms with van der Waals surface area (Å²) in [6, 6.07) is 9.05. The lowest BCUT2D eigenvalue weighted by Gasteiger charge is -2.32. The van der Waals surface area contributed by atoms with E-state index in [4.69, 9.17) is 37.4 Å². The van der Waals surface area contributed by atoms with Crippen LogP contribution in [0.15, 0.2) is 115 Å². The molecule has 6 aliphatic rings. The number of amides is 7. The van der Waals surface area contributed by atoms with Crippen molar-refractivity contribution in [3.63, 3.8) is 0 Å². The number of ether oxygens (including phenoxy) is 3. The molecule has 0 saturated carbocycles. The maximum Gasteiger partial charge on any atom is 0.249 e. The number of benzene rings is 7. The number of hydrogen-bond donors (Lipinski definition) is 17. The molecule has 0 radical (unpaired) electrons. The van der Waals surface area contributed by atoms with Gasteiger partial charge < -0.3 is 102 Å². The maximum absolute atomic E-state index is 15.9.